The molecule has 1 N–H and O–H groups in total. The molecule has 0 amide bonds. The first-order chi connectivity index (χ1) is 13.8. The molecule has 0 aliphatic heterocycles. The third-order valence-electron chi connectivity index (χ3n) is 4.56. The number of carbonyl (C=O) groups excluding carboxylic acids is 1. The Morgan fingerprint density at radius 1 is 1.00 bits per heavy atom. The number of hydrogen-bond donors (Lipinski definition) is 1. The Morgan fingerprint density at radius 3 is 2.38 bits per heavy atom. The van der Waals surface area contributed by atoms with Crippen molar-refractivity contribution in [2.24, 2.45) is 0 Å². The highest BCUT2D eigenvalue weighted by atomic mass is 32.2. The van der Waals surface area contributed by atoms with Gasteiger partial charge in [0.1, 0.15) is 17.3 Å². The monoisotopic (exact) mass is 412 g/mol. The number of hydrogen-bond acceptors (Lipinski definition) is 4. The number of aromatic amines is 1. The van der Waals surface area contributed by atoms with Crippen LogP contribution < -0.4 is 0 Å². The number of H-pyrrole nitrogens is 1. The van der Waals surface area contributed by atoms with Gasteiger partial charge in [-0.25, -0.2) is 22.2 Å². The summed E-state index contributed by atoms with van der Waals surface area (Å²) in [6, 6.07) is 11.2. The number of ketones is 1. The molecule has 0 unspecified atom stereocenters. The van der Waals surface area contributed by atoms with Gasteiger partial charge in [-0.3, -0.25) is 4.79 Å². The first-order valence-corrected chi connectivity index (χ1v) is 10.4. The summed E-state index contributed by atoms with van der Waals surface area (Å²) in [5.74, 6) is -2.71. The molecule has 0 bridgehead atoms. The van der Waals surface area contributed by atoms with Crippen molar-refractivity contribution in [3.05, 3.63) is 83.7 Å². The zero-order valence-electron chi connectivity index (χ0n) is 15.1. The van der Waals surface area contributed by atoms with E-state index in [2.05, 4.69) is 9.97 Å². The van der Waals surface area contributed by atoms with Gasteiger partial charge in [-0.2, -0.15) is 0 Å². The van der Waals surface area contributed by atoms with E-state index in [4.69, 9.17) is 0 Å². The van der Waals surface area contributed by atoms with E-state index in [0.29, 0.717) is 22.2 Å². The molecule has 5 nitrogen and oxygen atoms in total. The van der Waals surface area contributed by atoms with E-state index in [1.165, 1.54) is 30.6 Å². The van der Waals surface area contributed by atoms with Gasteiger partial charge in [0.15, 0.2) is 9.84 Å². The number of pyridine rings is 1. The van der Waals surface area contributed by atoms with E-state index in [1.54, 1.807) is 18.2 Å². The molecule has 4 aromatic rings. The summed E-state index contributed by atoms with van der Waals surface area (Å²) in [6.07, 6.45) is 3.99. The maximum Gasteiger partial charge on any atom is 0.201 e. The third kappa shape index (κ3) is 3.42. The standard InChI is InChI=1S/C21H14F2N2O3S/c1-29(27,28)14-5-2-4-12(8-14)13-9-15-16(11-25-21(15)24-10-13)20(26)19-17(22)6-3-7-18(19)23/h2-11H,1H3,(H,24,25). The fraction of sp³-hybridized carbons (Fsp3) is 0.0476. The highest BCUT2D eigenvalue weighted by Gasteiger charge is 2.22. The second kappa shape index (κ2) is 6.89. The number of rotatable bonds is 4. The van der Waals surface area contributed by atoms with Crippen molar-refractivity contribution in [1.82, 2.24) is 9.97 Å². The van der Waals surface area contributed by atoms with Crippen molar-refractivity contribution < 1.29 is 22.0 Å². The van der Waals surface area contributed by atoms with Gasteiger partial charge in [0.05, 0.1) is 10.5 Å². The number of halogens is 2. The van der Waals surface area contributed by atoms with E-state index >= 15 is 0 Å². The summed E-state index contributed by atoms with van der Waals surface area (Å²) in [5, 5.41) is 0.375. The van der Waals surface area contributed by atoms with Crippen LogP contribution in [-0.2, 0) is 9.84 Å². The molecular formula is C21H14F2N2O3S. The fourth-order valence-electron chi connectivity index (χ4n) is 3.10. The topological polar surface area (TPSA) is 79.9 Å². The molecule has 29 heavy (non-hydrogen) atoms. The van der Waals surface area contributed by atoms with Crippen LogP contribution in [0, 0.1) is 11.6 Å². The lowest BCUT2D eigenvalue weighted by atomic mass is 10.0. The lowest BCUT2D eigenvalue weighted by molar-refractivity contribution is 0.103. The molecule has 0 spiro atoms. The Labute approximate surface area is 165 Å². The molecule has 0 fully saturated rings. The Hall–Kier alpha value is -3.39. The van der Waals surface area contributed by atoms with E-state index in [1.807, 2.05) is 0 Å². The molecule has 0 aliphatic rings. The van der Waals surface area contributed by atoms with Crippen LogP contribution in [0.1, 0.15) is 15.9 Å². The van der Waals surface area contributed by atoms with Crippen LogP contribution in [0.4, 0.5) is 8.78 Å². The van der Waals surface area contributed by atoms with E-state index in [-0.39, 0.29) is 10.5 Å². The highest BCUT2D eigenvalue weighted by molar-refractivity contribution is 7.90. The lowest BCUT2D eigenvalue weighted by Gasteiger charge is -2.06. The van der Waals surface area contributed by atoms with Crippen LogP contribution in [-0.4, -0.2) is 30.4 Å². The molecule has 146 valence electrons. The molecule has 2 aromatic heterocycles. The molecule has 0 saturated carbocycles. The minimum atomic E-state index is -3.40. The Kier molecular flexibility index (Phi) is 4.50. The smallest absolute Gasteiger partial charge is 0.201 e. The van der Waals surface area contributed by atoms with Crippen LogP contribution in [0.5, 0.6) is 0 Å². The average Bonchev–Trinajstić information content (AvgIpc) is 3.10. The molecule has 0 saturated heterocycles. The number of nitrogens with one attached hydrogen (secondary N) is 1. The lowest BCUT2D eigenvalue weighted by Crippen LogP contribution is -2.07. The van der Waals surface area contributed by atoms with Crippen molar-refractivity contribution in [2.75, 3.05) is 6.26 Å². The summed E-state index contributed by atoms with van der Waals surface area (Å²) >= 11 is 0. The number of aromatic nitrogens is 2. The quantitative estimate of drug-likeness (QED) is 0.511. The molecule has 0 aliphatic carbocycles. The predicted molar refractivity (Wildman–Crippen MR) is 104 cm³/mol. The zero-order chi connectivity index (χ0) is 20.8. The van der Waals surface area contributed by atoms with Crippen molar-refractivity contribution in [2.45, 2.75) is 4.90 Å². The first kappa shape index (κ1) is 18.9. The molecule has 2 heterocycles. The minimum absolute atomic E-state index is 0.0672. The fourth-order valence-corrected chi connectivity index (χ4v) is 3.77. The minimum Gasteiger partial charge on any atom is -0.345 e. The number of sulfone groups is 1. The Bertz CT molecular complexity index is 1360. The number of carbonyl (C=O) groups is 1. The predicted octanol–water partition coefficient (Wildman–Crippen LogP) is 4.14. The average molecular weight is 412 g/mol. The second-order valence-corrected chi connectivity index (χ2v) is 8.56. The summed E-state index contributed by atoms with van der Waals surface area (Å²) < 4.78 is 51.7. The van der Waals surface area contributed by atoms with E-state index < -0.39 is 32.8 Å². The van der Waals surface area contributed by atoms with Crippen LogP contribution in [0.2, 0.25) is 0 Å². The van der Waals surface area contributed by atoms with Crippen molar-refractivity contribution in [3.63, 3.8) is 0 Å². The molecule has 4 rings (SSSR count). The van der Waals surface area contributed by atoms with Crippen molar-refractivity contribution in [3.8, 4) is 11.1 Å². The summed E-state index contributed by atoms with van der Waals surface area (Å²) in [4.78, 5) is 20.0. The molecule has 2 aromatic carbocycles. The second-order valence-electron chi connectivity index (χ2n) is 6.55. The maximum absolute atomic E-state index is 14.0. The normalized spacial score (nSPS) is 11.7. The number of nitrogens with zero attached hydrogens (tertiary/aromatic N) is 1. The number of fused-ring (bicyclic) bond motifs is 1. The molecule has 8 heteroatoms. The van der Waals surface area contributed by atoms with Gasteiger partial charge < -0.3 is 4.98 Å². The third-order valence-corrected chi connectivity index (χ3v) is 5.67. The van der Waals surface area contributed by atoms with Crippen LogP contribution in [0.25, 0.3) is 22.2 Å². The molecule has 0 atom stereocenters. The van der Waals surface area contributed by atoms with Gasteiger partial charge >= 0.3 is 0 Å². The SMILES string of the molecule is CS(=O)(=O)c1cccc(-c2cnc3[nH]cc(C(=O)c4c(F)cccc4F)c3c2)c1. The van der Waals surface area contributed by atoms with Crippen LogP contribution in [0.15, 0.2) is 65.8 Å². The number of benzene rings is 2. The summed E-state index contributed by atoms with van der Waals surface area (Å²) in [7, 11) is -3.40. The van der Waals surface area contributed by atoms with E-state index in [9.17, 15) is 22.0 Å². The highest BCUT2D eigenvalue weighted by Crippen LogP contribution is 2.28. The zero-order valence-corrected chi connectivity index (χ0v) is 15.9. The first-order valence-electron chi connectivity index (χ1n) is 8.52. The van der Waals surface area contributed by atoms with Gasteiger partial charge in [0, 0.05) is 35.2 Å². The largest absolute Gasteiger partial charge is 0.345 e. The Morgan fingerprint density at radius 2 is 1.69 bits per heavy atom. The van der Waals surface area contributed by atoms with Gasteiger partial charge in [0.25, 0.3) is 0 Å². The van der Waals surface area contributed by atoms with Crippen molar-refractivity contribution >= 4 is 26.7 Å². The van der Waals surface area contributed by atoms with Gasteiger partial charge in [-0.05, 0) is 35.9 Å². The summed E-state index contributed by atoms with van der Waals surface area (Å²) in [6.45, 7) is 0. The van der Waals surface area contributed by atoms with E-state index in [0.717, 1.165) is 18.4 Å². The van der Waals surface area contributed by atoms with Gasteiger partial charge in [0.2, 0.25) is 5.78 Å². The molecule has 0 radical (unpaired) electrons. The van der Waals surface area contributed by atoms with Crippen molar-refractivity contribution in [1.29, 1.82) is 0 Å². The maximum atomic E-state index is 14.0. The summed E-state index contributed by atoms with van der Waals surface area (Å²) in [5.41, 5.74) is 0.938. The van der Waals surface area contributed by atoms with Gasteiger partial charge in [-0.1, -0.05) is 18.2 Å². The molecular weight excluding hydrogens is 398 g/mol. The van der Waals surface area contributed by atoms with Crippen LogP contribution in [0.3, 0.4) is 0 Å². The van der Waals surface area contributed by atoms with Crippen LogP contribution >= 0.6 is 0 Å². The van der Waals surface area contributed by atoms with Gasteiger partial charge in [-0.15, -0.1) is 0 Å². The Balaban J connectivity index is 1.85.